The highest BCUT2D eigenvalue weighted by molar-refractivity contribution is 8.13. The summed E-state index contributed by atoms with van der Waals surface area (Å²) >= 11 is 0. The number of halogens is 2. The van der Waals surface area contributed by atoms with E-state index in [1.807, 2.05) is 6.92 Å². The van der Waals surface area contributed by atoms with Crippen molar-refractivity contribution in [3.05, 3.63) is 24.0 Å². The second kappa shape index (κ2) is 5.83. The number of benzene rings is 1. The van der Waals surface area contributed by atoms with Crippen LogP contribution in [-0.2, 0) is 19.1 Å². The third kappa shape index (κ3) is 3.74. The van der Waals surface area contributed by atoms with E-state index in [1.54, 1.807) is 13.8 Å². The lowest BCUT2D eigenvalue weighted by Crippen LogP contribution is -2.44. The van der Waals surface area contributed by atoms with Crippen LogP contribution >= 0.6 is 10.7 Å². The Labute approximate surface area is 129 Å². The molecule has 120 valence electrons. The van der Waals surface area contributed by atoms with Crippen LogP contribution in [0.3, 0.4) is 0 Å². The molecule has 1 rings (SSSR count). The Bertz CT molecular complexity index is 745. The molecule has 0 fully saturated rings. The van der Waals surface area contributed by atoms with E-state index in [0.29, 0.717) is 12.5 Å². The van der Waals surface area contributed by atoms with Gasteiger partial charge in [0.25, 0.3) is 9.05 Å². The first-order valence-corrected chi connectivity index (χ1v) is 9.82. The molecule has 5 nitrogen and oxygen atoms in total. The summed E-state index contributed by atoms with van der Waals surface area (Å²) in [6, 6.07) is 2.47. The van der Waals surface area contributed by atoms with E-state index in [1.165, 1.54) is 7.05 Å². The van der Waals surface area contributed by atoms with Crippen molar-refractivity contribution in [2.75, 3.05) is 7.05 Å². The molecule has 0 radical (unpaired) electrons. The summed E-state index contributed by atoms with van der Waals surface area (Å²) < 4.78 is 62.2. The molecule has 0 unspecified atom stereocenters. The van der Waals surface area contributed by atoms with Crippen molar-refractivity contribution < 1.29 is 21.2 Å². The van der Waals surface area contributed by atoms with Crippen LogP contribution in [0.15, 0.2) is 28.0 Å². The topological polar surface area (TPSA) is 71.5 Å². The van der Waals surface area contributed by atoms with Crippen LogP contribution in [0.2, 0.25) is 0 Å². The molecule has 0 atom stereocenters. The first kappa shape index (κ1) is 18.3. The number of rotatable bonds is 5. The third-order valence-electron chi connectivity index (χ3n) is 3.54. The highest BCUT2D eigenvalue weighted by atomic mass is 35.7. The summed E-state index contributed by atoms with van der Waals surface area (Å²) in [6.45, 7) is 5.23. The fourth-order valence-electron chi connectivity index (χ4n) is 1.54. The van der Waals surface area contributed by atoms with Gasteiger partial charge < -0.3 is 0 Å². The normalized spacial score (nSPS) is 13.7. The molecule has 0 bridgehead atoms. The second-order valence-electron chi connectivity index (χ2n) is 5.17. The quantitative estimate of drug-likeness (QED) is 0.759. The van der Waals surface area contributed by atoms with Gasteiger partial charge in [-0.3, -0.25) is 0 Å². The van der Waals surface area contributed by atoms with E-state index in [-0.39, 0.29) is 0 Å². The summed E-state index contributed by atoms with van der Waals surface area (Å²) in [4.78, 5) is -1.08. The zero-order chi connectivity index (χ0) is 16.6. The maximum absolute atomic E-state index is 14.0. The maximum atomic E-state index is 14.0. The molecule has 0 saturated heterocycles. The van der Waals surface area contributed by atoms with Gasteiger partial charge in [0.15, 0.2) is 0 Å². The van der Waals surface area contributed by atoms with Crippen molar-refractivity contribution >= 4 is 29.8 Å². The van der Waals surface area contributed by atoms with Gasteiger partial charge in [-0.2, -0.15) is 4.31 Å². The minimum absolute atomic E-state index is 0.488. The van der Waals surface area contributed by atoms with E-state index in [9.17, 15) is 21.2 Å². The molecule has 0 aliphatic heterocycles. The monoisotopic (exact) mass is 357 g/mol. The smallest absolute Gasteiger partial charge is 0.207 e. The predicted octanol–water partition coefficient (Wildman–Crippen LogP) is 2.56. The minimum atomic E-state index is -4.12. The Balaban J connectivity index is 3.41. The maximum Gasteiger partial charge on any atom is 0.261 e. The zero-order valence-electron chi connectivity index (χ0n) is 12.1. The average Bonchev–Trinajstić information content (AvgIpc) is 2.36. The Morgan fingerprint density at radius 2 is 1.76 bits per heavy atom. The summed E-state index contributed by atoms with van der Waals surface area (Å²) in [7, 11) is -1.75. The van der Waals surface area contributed by atoms with Gasteiger partial charge in [0, 0.05) is 23.3 Å². The van der Waals surface area contributed by atoms with Crippen molar-refractivity contribution in [3.8, 4) is 0 Å². The Kier molecular flexibility index (Phi) is 5.09. The molecule has 0 aromatic heterocycles. The fraction of sp³-hybridized carbons (Fsp3) is 0.500. The van der Waals surface area contributed by atoms with Crippen molar-refractivity contribution in [2.24, 2.45) is 0 Å². The standard InChI is InChI=1S/C12H17ClFNO4S2/c1-5-12(2,3)15(4)21(18,19)11-7-6-9(8-10(11)14)20(13,16)17/h6-8H,5H2,1-4H3. The van der Waals surface area contributed by atoms with Crippen molar-refractivity contribution in [2.45, 2.75) is 42.5 Å². The molecule has 9 heteroatoms. The van der Waals surface area contributed by atoms with E-state index < -0.39 is 40.2 Å². The first-order valence-electron chi connectivity index (χ1n) is 6.07. The van der Waals surface area contributed by atoms with Gasteiger partial charge in [0.1, 0.15) is 10.7 Å². The summed E-state index contributed by atoms with van der Waals surface area (Å²) in [6.07, 6.45) is 0.526. The largest absolute Gasteiger partial charge is 0.261 e. The highest BCUT2D eigenvalue weighted by Gasteiger charge is 2.34. The number of hydrogen-bond donors (Lipinski definition) is 0. The molecule has 0 aliphatic carbocycles. The van der Waals surface area contributed by atoms with Gasteiger partial charge in [-0.25, -0.2) is 21.2 Å². The Hall–Kier alpha value is -0.700. The van der Waals surface area contributed by atoms with Crippen LogP contribution in [0.5, 0.6) is 0 Å². The van der Waals surface area contributed by atoms with Gasteiger partial charge in [-0.15, -0.1) is 0 Å². The summed E-state index contributed by atoms with van der Waals surface area (Å²) in [5.41, 5.74) is -0.706. The van der Waals surface area contributed by atoms with Crippen LogP contribution in [0, 0.1) is 5.82 Å². The van der Waals surface area contributed by atoms with E-state index >= 15 is 0 Å². The predicted molar refractivity (Wildman–Crippen MR) is 78.8 cm³/mol. The van der Waals surface area contributed by atoms with Crippen LogP contribution in [0.25, 0.3) is 0 Å². The number of sulfonamides is 1. The van der Waals surface area contributed by atoms with Gasteiger partial charge in [0.05, 0.1) is 4.90 Å². The van der Waals surface area contributed by atoms with Crippen LogP contribution in [0.1, 0.15) is 27.2 Å². The molecule has 0 heterocycles. The molecule has 0 spiro atoms. The van der Waals surface area contributed by atoms with Gasteiger partial charge in [0.2, 0.25) is 10.0 Å². The third-order valence-corrected chi connectivity index (χ3v) is 6.99. The van der Waals surface area contributed by atoms with E-state index in [2.05, 4.69) is 0 Å². The first-order chi connectivity index (χ1) is 9.34. The van der Waals surface area contributed by atoms with E-state index in [0.717, 1.165) is 16.4 Å². The Morgan fingerprint density at radius 1 is 1.24 bits per heavy atom. The molecular weight excluding hydrogens is 341 g/mol. The van der Waals surface area contributed by atoms with Crippen LogP contribution in [-0.4, -0.2) is 33.7 Å². The minimum Gasteiger partial charge on any atom is -0.207 e. The molecule has 0 saturated carbocycles. The number of nitrogens with zero attached hydrogens (tertiary/aromatic N) is 1. The molecule has 0 amide bonds. The molecule has 0 aliphatic rings. The van der Waals surface area contributed by atoms with Crippen molar-refractivity contribution in [1.82, 2.24) is 4.31 Å². The summed E-state index contributed by atoms with van der Waals surface area (Å²) in [5, 5.41) is 0. The molecule has 1 aromatic carbocycles. The Morgan fingerprint density at radius 3 is 2.14 bits per heavy atom. The molecule has 1 aromatic rings. The second-order valence-corrected chi connectivity index (χ2v) is 9.67. The van der Waals surface area contributed by atoms with Gasteiger partial charge in [-0.05, 0) is 38.5 Å². The average molecular weight is 358 g/mol. The SMILES string of the molecule is CCC(C)(C)N(C)S(=O)(=O)c1ccc(S(=O)(=O)Cl)cc1F. The lowest BCUT2D eigenvalue weighted by molar-refractivity contribution is 0.256. The molecule has 0 N–H and O–H groups in total. The van der Waals surface area contributed by atoms with Gasteiger partial charge in [-0.1, -0.05) is 6.92 Å². The zero-order valence-corrected chi connectivity index (χ0v) is 14.5. The van der Waals surface area contributed by atoms with Crippen LogP contribution in [0.4, 0.5) is 4.39 Å². The highest BCUT2D eigenvalue weighted by Crippen LogP contribution is 2.28. The molecular formula is C12H17ClFNO4S2. The van der Waals surface area contributed by atoms with E-state index in [4.69, 9.17) is 10.7 Å². The molecule has 21 heavy (non-hydrogen) atoms. The van der Waals surface area contributed by atoms with Crippen molar-refractivity contribution in [3.63, 3.8) is 0 Å². The number of hydrogen-bond acceptors (Lipinski definition) is 4. The van der Waals surface area contributed by atoms with Gasteiger partial charge >= 0.3 is 0 Å². The lowest BCUT2D eigenvalue weighted by atomic mass is 10.0. The van der Waals surface area contributed by atoms with Crippen molar-refractivity contribution in [1.29, 1.82) is 0 Å². The lowest BCUT2D eigenvalue weighted by Gasteiger charge is -2.33. The summed E-state index contributed by atoms with van der Waals surface area (Å²) in [5.74, 6) is -1.16. The van der Waals surface area contributed by atoms with Crippen LogP contribution < -0.4 is 0 Å². The fourth-order valence-corrected chi connectivity index (χ4v) is 3.92.